The summed E-state index contributed by atoms with van der Waals surface area (Å²) in [5.41, 5.74) is -0.950. The van der Waals surface area contributed by atoms with Gasteiger partial charge in [-0.3, -0.25) is 14.2 Å². The number of likely N-dealkylation sites (N-methyl/N-ethyl adjacent to an activating group) is 1. The number of halogens is 1. The zero-order chi connectivity index (χ0) is 36.7. The third-order valence-corrected chi connectivity index (χ3v) is 11.4. The fourth-order valence-electron chi connectivity index (χ4n) is 6.06. The zero-order valence-corrected chi connectivity index (χ0v) is 31.2. The van der Waals surface area contributed by atoms with Gasteiger partial charge >= 0.3 is 13.7 Å². The van der Waals surface area contributed by atoms with Gasteiger partial charge in [0.2, 0.25) is 17.7 Å². The fourth-order valence-corrected chi connectivity index (χ4v) is 8.06. The van der Waals surface area contributed by atoms with Gasteiger partial charge in [0.05, 0.1) is 13.2 Å². The summed E-state index contributed by atoms with van der Waals surface area (Å²) in [6, 6.07) is 15.3. The summed E-state index contributed by atoms with van der Waals surface area (Å²) < 4.78 is 29.9. The second kappa shape index (κ2) is 20.2. The standard InChI is InChI=1S/C36H53ClN3O9P/c1-5-47-50(46,48-6-2)34(43)36(45,22-20-32(41)40(4)23-21-27-14-9-7-10-15-27)39-33(42)31(24-28-16-11-8-12-17-28)38-35(44)49-26(3)29-18-13-19-30(37)25-29/h7,9-10,13-15,18-19,25-26,28,31,34,43,45H,5-6,8,11-12,16-17,20-24H2,1-4H3,(H,38,44)(H,39,42)/t26?,31-,34?,36?/m0/s1. The molecule has 0 bridgehead atoms. The molecule has 4 atom stereocenters. The van der Waals surface area contributed by atoms with Gasteiger partial charge in [0.15, 0.2) is 5.72 Å². The number of carbonyl (C=O) groups excluding carboxylic acids is 3. The van der Waals surface area contributed by atoms with Crippen molar-refractivity contribution >= 4 is 37.1 Å². The average molecular weight is 738 g/mol. The van der Waals surface area contributed by atoms with E-state index in [2.05, 4.69) is 10.6 Å². The summed E-state index contributed by atoms with van der Waals surface area (Å²) >= 11 is 6.11. The first-order valence-corrected chi connectivity index (χ1v) is 19.4. The van der Waals surface area contributed by atoms with E-state index in [1.807, 2.05) is 30.3 Å². The lowest BCUT2D eigenvalue weighted by Crippen LogP contribution is -2.61. The van der Waals surface area contributed by atoms with E-state index in [4.69, 9.17) is 25.4 Å². The Kier molecular flexibility index (Phi) is 16.7. The number of carbonyl (C=O) groups is 3. The third-order valence-electron chi connectivity index (χ3n) is 8.91. The number of nitrogens with zero attached hydrogens (tertiary/aromatic N) is 1. The molecule has 4 N–H and O–H groups in total. The van der Waals surface area contributed by atoms with Crippen LogP contribution in [-0.4, -0.2) is 77.4 Å². The molecule has 0 heterocycles. The van der Waals surface area contributed by atoms with Crippen LogP contribution < -0.4 is 10.6 Å². The zero-order valence-electron chi connectivity index (χ0n) is 29.5. The summed E-state index contributed by atoms with van der Waals surface area (Å²) in [6.07, 6.45) is 3.13. The van der Waals surface area contributed by atoms with E-state index < -0.39 is 49.7 Å². The second-order valence-corrected chi connectivity index (χ2v) is 15.3. The topological polar surface area (TPSA) is 164 Å². The number of rotatable bonds is 19. The van der Waals surface area contributed by atoms with Crippen molar-refractivity contribution in [2.75, 3.05) is 26.8 Å². The number of benzene rings is 2. The number of amides is 3. The molecular formula is C36H53ClN3O9P. The molecular weight excluding hydrogens is 685 g/mol. The molecule has 0 aliphatic heterocycles. The van der Waals surface area contributed by atoms with E-state index in [1.165, 1.54) is 4.90 Å². The van der Waals surface area contributed by atoms with Gasteiger partial charge in [0.25, 0.3) is 0 Å². The second-order valence-electron chi connectivity index (χ2n) is 12.8. The van der Waals surface area contributed by atoms with Gasteiger partial charge in [-0.25, -0.2) is 4.79 Å². The lowest BCUT2D eigenvalue weighted by atomic mass is 9.84. The molecule has 278 valence electrons. The van der Waals surface area contributed by atoms with Crippen LogP contribution in [0.4, 0.5) is 4.79 Å². The highest BCUT2D eigenvalue weighted by Gasteiger charge is 2.51. The number of aliphatic hydroxyl groups is 2. The largest absolute Gasteiger partial charge is 0.442 e. The molecule has 0 aromatic heterocycles. The monoisotopic (exact) mass is 737 g/mol. The molecule has 0 spiro atoms. The highest BCUT2D eigenvalue weighted by atomic mass is 35.5. The third kappa shape index (κ3) is 12.7. The Morgan fingerprint density at radius 2 is 1.70 bits per heavy atom. The van der Waals surface area contributed by atoms with Gasteiger partial charge in [-0.05, 0) is 62.8 Å². The van der Waals surface area contributed by atoms with Gasteiger partial charge in [0.1, 0.15) is 12.1 Å². The number of aliphatic hydroxyl groups excluding tert-OH is 1. The van der Waals surface area contributed by atoms with Crippen LogP contribution in [0.3, 0.4) is 0 Å². The minimum Gasteiger partial charge on any atom is -0.442 e. The van der Waals surface area contributed by atoms with Crippen LogP contribution in [0, 0.1) is 5.92 Å². The minimum atomic E-state index is -4.43. The number of nitrogens with one attached hydrogen (secondary N) is 2. The maximum absolute atomic E-state index is 14.0. The van der Waals surface area contributed by atoms with Gasteiger partial charge in [-0.2, -0.15) is 0 Å². The molecule has 1 aliphatic rings. The van der Waals surface area contributed by atoms with Crippen LogP contribution in [0.5, 0.6) is 0 Å². The van der Waals surface area contributed by atoms with Gasteiger partial charge in [0, 0.05) is 31.5 Å². The summed E-state index contributed by atoms with van der Waals surface area (Å²) in [5, 5.41) is 28.9. The highest BCUT2D eigenvalue weighted by Crippen LogP contribution is 2.55. The summed E-state index contributed by atoms with van der Waals surface area (Å²) in [7, 11) is -2.82. The van der Waals surface area contributed by atoms with E-state index in [-0.39, 0.29) is 37.9 Å². The molecule has 0 radical (unpaired) electrons. The normalized spacial score (nSPS) is 16.8. The van der Waals surface area contributed by atoms with Gasteiger partial charge in [-0.1, -0.05) is 86.2 Å². The Hall–Kier alpha value is -2.99. The van der Waals surface area contributed by atoms with Gasteiger partial charge < -0.3 is 39.5 Å². The Labute approximate surface area is 300 Å². The molecule has 2 aromatic rings. The Balaban J connectivity index is 1.83. The highest BCUT2D eigenvalue weighted by molar-refractivity contribution is 7.54. The molecule has 2 aromatic carbocycles. The molecule has 12 nitrogen and oxygen atoms in total. The summed E-state index contributed by atoms with van der Waals surface area (Å²) in [5.74, 6) is -3.39. The number of alkyl carbamates (subject to hydrolysis) is 1. The first-order valence-electron chi connectivity index (χ1n) is 17.4. The van der Waals surface area contributed by atoms with Crippen molar-refractivity contribution < 1.29 is 42.9 Å². The molecule has 1 aliphatic carbocycles. The number of hydrogen-bond donors (Lipinski definition) is 4. The molecule has 50 heavy (non-hydrogen) atoms. The van der Waals surface area contributed by atoms with Crippen molar-refractivity contribution in [3.63, 3.8) is 0 Å². The van der Waals surface area contributed by atoms with E-state index in [0.717, 1.165) is 37.7 Å². The molecule has 14 heteroatoms. The van der Waals surface area contributed by atoms with Gasteiger partial charge in [-0.15, -0.1) is 0 Å². The van der Waals surface area contributed by atoms with Crippen LogP contribution >= 0.6 is 19.2 Å². The van der Waals surface area contributed by atoms with Crippen LogP contribution in [0.2, 0.25) is 5.02 Å². The van der Waals surface area contributed by atoms with Crippen molar-refractivity contribution in [3.05, 3.63) is 70.7 Å². The van der Waals surface area contributed by atoms with Crippen LogP contribution in [0.25, 0.3) is 0 Å². The van der Waals surface area contributed by atoms with E-state index in [0.29, 0.717) is 23.6 Å². The van der Waals surface area contributed by atoms with Crippen LogP contribution in [0.1, 0.15) is 89.4 Å². The molecule has 3 rings (SSSR count). The van der Waals surface area contributed by atoms with E-state index in [9.17, 15) is 29.2 Å². The molecule has 3 unspecified atom stereocenters. The van der Waals surface area contributed by atoms with Crippen molar-refractivity contribution in [2.24, 2.45) is 5.92 Å². The molecule has 0 saturated heterocycles. The molecule has 1 saturated carbocycles. The first kappa shape index (κ1) is 41.4. The lowest BCUT2D eigenvalue weighted by molar-refractivity contribution is -0.143. The predicted octanol–water partition coefficient (Wildman–Crippen LogP) is 6.34. The number of hydrogen-bond acceptors (Lipinski definition) is 9. The maximum Gasteiger partial charge on any atom is 0.408 e. The van der Waals surface area contributed by atoms with Crippen LogP contribution in [0.15, 0.2) is 54.6 Å². The Morgan fingerprint density at radius 3 is 2.32 bits per heavy atom. The van der Waals surface area contributed by atoms with E-state index >= 15 is 0 Å². The summed E-state index contributed by atoms with van der Waals surface area (Å²) in [6.45, 7) is 4.89. The molecule has 3 amide bonds. The fraction of sp³-hybridized carbons (Fsp3) is 0.583. The number of ether oxygens (including phenoxy) is 1. The smallest absolute Gasteiger partial charge is 0.408 e. The van der Waals surface area contributed by atoms with E-state index in [1.54, 1.807) is 52.1 Å². The minimum absolute atomic E-state index is 0.0981. The SMILES string of the molecule is CCOP(=O)(OCC)C(O)C(O)(CCC(=O)N(C)CCc1ccccc1)NC(=O)[C@H](CC1CCCCC1)NC(=O)OC(C)c1cccc(Cl)c1. The quantitative estimate of drug-likeness (QED) is 0.0952. The predicted molar refractivity (Wildman–Crippen MR) is 191 cm³/mol. The van der Waals surface area contributed by atoms with Crippen molar-refractivity contribution in [1.29, 1.82) is 0 Å². The molecule has 1 fully saturated rings. The summed E-state index contributed by atoms with van der Waals surface area (Å²) in [4.78, 5) is 41.9. The Bertz CT molecular complexity index is 1420. The van der Waals surface area contributed by atoms with Crippen LogP contribution in [-0.2, 0) is 34.4 Å². The first-order chi connectivity index (χ1) is 23.8. The Morgan fingerprint density at radius 1 is 1.04 bits per heavy atom. The average Bonchev–Trinajstić information content (AvgIpc) is 3.10. The van der Waals surface area contributed by atoms with Crippen molar-refractivity contribution in [3.8, 4) is 0 Å². The van der Waals surface area contributed by atoms with Crippen molar-refractivity contribution in [2.45, 2.75) is 102 Å². The van der Waals surface area contributed by atoms with Crippen molar-refractivity contribution in [1.82, 2.24) is 15.5 Å². The lowest BCUT2D eigenvalue weighted by Gasteiger charge is -2.38. The maximum atomic E-state index is 14.0.